The van der Waals surface area contributed by atoms with Gasteiger partial charge in [-0.15, -0.1) is 12.4 Å². The molecule has 0 aliphatic heterocycles. The maximum absolute atomic E-state index is 14.0. The Morgan fingerprint density at radius 3 is 2.31 bits per heavy atom. The summed E-state index contributed by atoms with van der Waals surface area (Å²) in [5.74, 6) is 1.19. The highest BCUT2D eigenvalue weighted by molar-refractivity contribution is 5.85. The molecular formula is C24H33ClFNO2. The Morgan fingerprint density at radius 2 is 1.59 bits per heavy atom. The molecule has 1 aliphatic carbocycles. The zero-order valence-electron chi connectivity index (χ0n) is 17.3. The molecule has 0 radical (unpaired) electrons. The summed E-state index contributed by atoms with van der Waals surface area (Å²) in [7, 11) is 0. The van der Waals surface area contributed by atoms with Gasteiger partial charge in [-0.1, -0.05) is 62.4 Å². The van der Waals surface area contributed by atoms with Crippen molar-refractivity contribution in [3.63, 3.8) is 0 Å². The van der Waals surface area contributed by atoms with Gasteiger partial charge in [0.05, 0.1) is 6.61 Å². The van der Waals surface area contributed by atoms with Crippen LogP contribution >= 0.6 is 12.4 Å². The van der Waals surface area contributed by atoms with Crippen molar-refractivity contribution in [2.24, 2.45) is 0 Å². The van der Waals surface area contributed by atoms with Crippen molar-refractivity contribution in [2.75, 3.05) is 6.61 Å². The molecule has 160 valence electrons. The summed E-state index contributed by atoms with van der Waals surface area (Å²) >= 11 is 0. The molecule has 0 heterocycles. The fourth-order valence-electron chi connectivity index (χ4n) is 3.81. The number of hydrogen-bond acceptors (Lipinski definition) is 3. The third-order valence-electron chi connectivity index (χ3n) is 5.38. The lowest BCUT2D eigenvalue weighted by Gasteiger charge is -2.22. The normalized spacial score (nSPS) is 15.1. The number of para-hydroxylation sites is 1. The molecule has 0 spiro atoms. The minimum Gasteiger partial charge on any atom is -0.490 e. The van der Waals surface area contributed by atoms with Crippen LogP contribution in [0.1, 0.15) is 63.0 Å². The zero-order valence-corrected chi connectivity index (χ0v) is 18.1. The van der Waals surface area contributed by atoms with Gasteiger partial charge in [-0.25, -0.2) is 4.39 Å². The molecule has 1 N–H and O–H groups in total. The van der Waals surface area contributed by atoms with E-state index < -0.39 is 0 Å². The Morgan fingerprint density at radius 1 is 0.897 bits per heavy atom. The van der Waals surface area contributed by atoms with Gasteiger partial charge in [0.25, 0.3) is 0 Å². The van der Waals surface area contributed by atoms with E-state index in [2.05, 4.69) is 11.4 Å². The first-order valence-electron chi connectivity index (χ1n) is 10.6. The summed E-state index contributed by atoms with van der Waals surface area (Å²) in [6.45, 7) is 3.45. The number of nitrogens with one attached hydrogen (secondary N) is 1. The van der Waals surface area contributed by atoms with Crippen molar-refractivity contribution < 1.29 is 13.9 Å². The second kappa shape index (κ2) is 12.7. The summed E-state index contributed by atoms with van der Waals surface area (Å²) in [4.78, 5) is 0. The largest absolute Gasteiger partial charge is 0.490 e. The fraction of sp³-hybridized carbons (Fsp3) is 0.500. The molecule has 0 saturated heterocycles. The summed E-state index contributed by atoms with van der Waals surface area (Å²) in [6.07, 6.45) is 9.12. The molecular weight excluding hydrogens is 389 g/mol. The van der Waals surface area contributed by atoms with Crippen LogP contribution < -0.4 is 14.8 Å². The highest BCUT2D eigenvalue weighted by Crippen LogP contribution is 2.32. The fourth-order valence-corrected chi connectivity index (χ4v) is 3.81. The van der Waals surface area contributed by atoms with Gasteiger partial charge in [0, 0.05) is 23.7 Å². The summed E-state index contributed by atoms with van der Waals surface area (Å²) < 4.78 is 25.8. The maximum Gasteiger partial charge on any atom is 0.166 e. The van der Waals surface area contributed by atoms with Crippen LogP contribution in [0.15, 0.2) is 42.5 Å². The minimum absolute atomic E-state index is 0. The van der Waals surface area contributed by atoms with Gasteiger partial charge in [0.1, 0.15) is 12.4 Å². The van der Waals surface area contributed by atoms with Crippen LogP contribution in [0, 0.1) is 5.82 Å². The van der Waals surface area contributed by atoms with Gasteiger partial charge in [-0.3, -0.25) is 0 Å². The molecule has 3 nitrogen and oxygen atoms in total. The molecule has 0 unspecified atom stereocenters. The number of ether oxygens (including phenoxy) is 2. The number of halogens is 2. The molecule has 1 saturated carbocycles. The molecule has 3 rings (SSSR count). The van der Waals surface area contributed by atoms with Crippen LogP contribution in [0.3, 0.4) is 0 Å². The Balaban J connectivity index is 0.00000300. The lowest BCUT2D eigenvalue weighted by molar-refractivity contribution is 0.262. The third-order valence-corrected chi connectivity index (χ3v) is 5.38. The van der Waals surface area contributed by atoms with E-state index in [9.17, 15) is 4.39 Å². The van der Waals surface area contributed by atoms with E-state index in [4.69, 9.17) is 9.47 Å². The van der Waals surface area contributed by atoms with Crippen LogP contribution in [-0.2, 0) is 13.2 Å². The van der Waals surface area contributed by atoms with E-state index in [1.807, 2.05) is 25.1 Å². The monoisotopic (exact) mass is 421 g/mol. The highest BCUT2D eigenvalue weighted by atomic mass is 35.5. The molecule has 0 amide bonds. The van der Waals surface area contributed by atoms with Gasteiger partial charge >= 0.3 is 0 Å². The molecule has 2 aromatic rings. The predicted molar refractivity (Wildman–Crippen MR) is 119 cm³/mol. The molecule has 0 bridgehead atoms. The molecule has 0 aromatic heterocycles. The molecule has 29 heavy (non-hydrogen) atoms. The second-order valence-corrected chi connectivity index (χ2v) is 7.48. The van der Waals surface area contributed by atoms with E-state index in [1.165, 1.54) is 51.0 Å². The maximum atomic E-state index is 14.0. The van der Waals surface area contributed by atoms with E-state index in [-0.39, 0.29) is 24.8 Å². The van der Waals surface area contributed by atoms with Crippen molar-refractivity contribution in [3.8, 4) is 11.5 Å². The number of hydrogen-bond donors (Lipinski definition) is 1. The SMILES string of the molecule is CCOc1cccc(CNC2CCCCCCC2)c1OCc1ccccc1F.Cl. The molecule has 0 atom stereocenters. The molecule has 1 fully saturated rings. The summed E-state index contributed by atoms with van der Waals surface area (Å²) in [5, 5.41) is 3.72. The van der Waals surface area contributed by atoms with Crippen LogP contribution in [0.4, 0.5) is 4.39 Å². The van der Waals surface area contributed by atoms with Crippen LogP contribution in [0.5, 0.6) is 11.5 Å². The van der Waals surface area contributed by atoms with Gasteiger partial charge in [0.2, 0.25) is 0 Å². The lowest BCUT2D eigenvalue weighted by atomic mass is 9.96. The first kappa shape index (κ1) is 23.5. The van der Waals surface area contributed by atoms with Gasteiger partial charge < -0.3 is 14.8 Å². The third kappa shape index (κ3) is 7.20. The zero-order chi connectivity index (χ0) is 19.6. The van der Waals surface area contributed by atoms with Crippen molar-refractivity contribution in [1.29, 1.82) is 0 Å². The molecule has 1 aliphatic rings. The quantitative estimate of drug-likeness (QED) is 0.532. The number of benzene rings is 2. The van der Waals surface area contributed by atoms with E-state index in [1.54, 1.807) is 12.1 Å². The van der Waals surface area contributed by atoms with E-state index >= 15 is 0 Å². The average Bonchev–Trinajstić information content (AvgIpc) is 2.68. The van der Waals surface area contributed by atoms with E-state index in [0.717, 1.165) is 17.9 Å². The smallest absolute Gasteiger partial charge is 0.166 e. The summed E-state index contributed by atoms with van der Waals surface area (Å²) in [6, 6.07) is 13.3. The van der Waals surface area contributed by atoms with Crippen LogP contribution in [0.2, 0.25) is 0 Å². The molecule has 5 heteroatoms. The van der Waals surface area contributed by atoms with Gasteiger partial charge in [0.15, 0.2) is 11.5 Å². The highest BCUT2D eigenvalue weighted by Gasteiger charge is 2.15. The summed E-state index contributed by atoms with van der Waals surface area (Å²) in [5.41, 5.74) is 1.61. The Bertz CT molecular complexity index is 733. The first-order chi connectivity index (χ1) is 13.8. The topological polar surface area (TPSA) is 30.5 Å². The van der Waals surface area contributed by atoms with Crippen molar-refractivity contribution >= 4 is 12.4 Å². The Labute approximate surface area is 180 Å². The Kier molecular flexibility index (Phi) is 10.3. The van der Waals surface area contributed by atoms with Crippen molar-refractivity contribution in [2.45, 2.75) is 71.1 Å². The Hall–Kier alpha value is -1.78. The van der Waals surface area contributed by atoms with Crippen molar-refractivity contribution in [3.05, 3.63) is 59.4 Å². The van der Waals surface area contributed by atoms with Gasteiger partial charge in [-0.2, -0.15) is 0 Å². The van der Waals surface area contributed by atoms with Gasteiger partial charge in [-0.05, 0) is 31.9 Å². The lowest BCUT2D eigenvalue weighted by Crippen LogP contribution is -2.29. The second-order valence-electron chi connectivity index (χ2n) is 7.48. The average molecular weight is 422 g/mol. The van der Waals surface area contributed by atoms with Crippen LogP contribution in [0.25, 0.3) is 0 Å². The van der Waals surface area contributed by atoms with Crippen LogP contribution in [-0.4, -0.2) is 12.6 Å². The standard InChI is InChI=1S/C24H32FNO2.ClH/c1-2-27-23-16-10-12-19(17-26-21-13-6-4-3-5-7-14-21)24(23)28-18-20-11-8-9-15-22(20)25;/h8-12,15-16,21,26H,2-7,13-14,17-18H2,1H3;1H. The van der Waals surface area contributed by atoms with Crippen molar-refractivity contribution in [1.82, 2.24) is 5.32 Å². The first-order valence-corrected chi connectivity index (χ1v) is 10.6. The molecule has 2 aromatic carbocycles. The predicted octanol–water partition coefficient (Wildman–Crippen LogP) is 6.43. The minimum atomic E-state index is -0.245. The van der Waals surface area contributed by atoms with E-state index in [0.29, 0.717) is 24.0 Å². The number of rotatable bonds is 8.